The molecule has 170 valence electrons. The highest BCUT2D eigenvalue weighted by molar-refractivity contribution is 7.15. The number of thiazole rings is 1. The van der Waals surface area contributed by atoms with E-state index in [4.69, 9.17) is 9.72 Å². The number of carbonyl (C=O) groups excluding carboxylic acids is 1. The van der Waals surface area contributed by atoms with Gasteiger partial charge in [0.1, 0.15) is 10.8 Å². The number of pyridine rings is 1. The van der Waals surface area contributed by atoms with Crippen LogP contribution < -0.4 is 9.64 Å². The number of hydrogen-bond donors (Lipinski definition) is 1. The number of hydrogen-bond acceptors (Lipinski definition) is 6. The fourth-order valence-electron chi connectivity index (χ4n) is 3.97. The van der Waals surface area contributed by atoms with E-state index in [1.165, 1.54) is 6.07 Å². The first-order chi connectivity index (χ1) is 16.4. The molecule has 1 amide bonds. The second kappa shape index (κ2) is 8.72. The third kappa shape index (κ3) is 4.04. The van der Waals surface area contributed by atoms with Crippen molar-refractivity contribution in [2.75, 3.05) is 4.90 Å². The summed E-state index contributed by atoms with van der Waals surface area (Å²) in [5.41, 5.74) is 4.04. The minimum Gasteiger partial charge on any atom is -0.479 e. The van der Waals surface area contributed by atoms with Crippen molar-refractivity contribution < 1.29 is 19.4 Å². The first-order valence-corrected chi connectivity index (χ1v) is 11.6. The highest BCUT2D eigenvalue weighted by Crippen LogP contribution is 2.40. The molecule has 2 aromatic carbocycles. The van der Waals surface area contributed by atoms with Gasteiger partial charge >= 0.3 is 5.97 Å². The molecule has 1 aliphatic heterocycles. The van der Waals surface area contributed by atoms with Gasteiger partial charge in [-0.05, 0) is 61.9 Å². The van der Waals surface area contributed by atoms with Crippen molar-refractivity contribution in [2.24, 2.45) is 0 Å². The van der Waals surface area contributed by atoms with Crippen molar-refractivity contribution >= 4 is 28.9 Å². The Hall–Kier alpha value is -4.04. The van der Waals surface area contributed by atoms with Crippen LogP contribution in [0.25, 0.3) is 22.0 Å². The summed E-state index contributed by atoms with van der Waals surface area (Å²) in [5.74, 6) is -0.591. The van der Waals surface area contributed by atoms with Crippen LogP contribution in [0.15, 0.2) is 66.9 Å². The first kappa shape index (κ1) is 21.8. The van der Waals surface area contributed by atoms with Crippen molar-refractivity contribution in [3.8, 4) is 27.7 Å². The van der Waals surface area contributed by atoms with E-state index < -0.39 is 12.1 Å². The molecule has 3 heterocycles. The second-order valence-electron chi connectivity index (χ2n) is 8.01. The van der Waals surface area contributed by atoms with Crippen LogP contribution in [0.3, 0.4) is 0 Å². The van der Waals surface area contributed by atoms with Gasteiger partial charge in [0.25, 0.3) is 5.91 Å². The molecule has 0 fully saturated rings. The molecule has 1 aliphatic rings. The Morgan fingerprint density at radius 2 is 2.00 bits per heavy atom. The van der Waals surface area contributed by atoms with Gasteiger partial charge in [0.05, 0.1) is 29.2 Å². The van der Waals surface area contributed by atoms with Crippen LogP contribution in [-0.2, 0) is 11.3 Å². The van der Waals surface area contributed by atoms with Gasteiger partial charge in [-0.1, -0.05) is 18.2 Å². The van der Waals surface area contributed by atoms with Gasteiger partial charge < -0.3 is 14.7 Å². The van der Waals surface area contributed by atoms with Gasteiger partial charge in [0, 0.05) is 16.6 Å². The molecule has 1 N–H and O–H groups in total. The zero-order valence-corrected chi connectivity index (χ0v) is 19.4. The average molecular weight is 472 g/mol. The molecule has 5 rings (SSSR count). The number of rotatable bonds is 5. The van der Waals surface area contributed by atoms with Crippen LogP contribution in [0.1, 0.15) is 27.7 Å². The van der Waals surface area contributed by atoms with Crippen LogP contribution in [0.2, 0.25) is 0 Å². The third-order valence-corrected chi connectivity index (χ3v) is 6.63. The highest BCUT2D eigenvalue weighted by Gasteiger charge is 2.32. The normalized spacial score (nSPS) is 15.1. The third-order valence-electron chi connectivity index (χ3n) is 5.64. The molecule has 34 heavy (non-hydrogen) atoms. The summed E-state index contributed by atoms with van der Waals surface area (Å²) in [7, 11) is 0. The Balaban J connectivity index is 1.54. The first-order valence-electron chi connectivity index (χ1n) is 10.7. The lowest BCUT2D eigenvalue weighted by atomic mass is 10.1. The standard InChI is InChI=1S/C26H21N3O4S/c1-15-25(30)29(14-17-6-5-7-19(12-17)26(31)32)21-13-18(9-10-22(21)33-15)23-16(2)34-24(28-23)20-8-3-4-11-27-20/h3-13,15H,14H2,1-2H3,(H,31,32). The minimum atomic E-state index is -1.01. The van der Waals surface area contributed by atoms with Crippen LogP contribution in [0.5, 0.6) is 5.75 Å². The lowest BCUT2D eigenvalue weighted by Crippen LogP contribution is -2.44. The van der Waals surface area contributed by atoms with Crippen molar-refractivity contribution in [3.05, 3.63) is 82.9 Å². The largest absolute Gasteiger partial charge is 0.479 e. The summed E-state index contributed by atoms with van der Waals surface area (Å²) in [6.45, 7) is 3.96. The van der Waals surface area contributed by atoms with E-state index in [1.54, 1.807) is 41.5 Å². The van der Waals surface area contributed by atoms with Gasteiger partial charge in [-0.25, -0.2) is 9.78 Å². The van der Waals surface area contributed by atoms with Gasteiger partial charge in [-0.15, -0.1) is 11.3 Å². The van der Waals surface area contributed by atoms with Gasteiger partial charge in [0.15, 0.2) is 6.10 Å². The number of aryl methyl sites for hydroxylation is 1. The molecule has 0 bridgehead atoms. The van der Waals surface area contributed by atoms with E-state index in [0.29, 0.717) is 11.4 Å². The number of ether oxygens (including phenoxy) is 1. The second-order valence-corrected chi connectivity index (χ2v) is 9.21. The molecule has 0 spiro atoms. The van der Waals surface area contributed by atoms with E-state index in [9.17, 15) is 14.7 Å². The zero-order valence-electron chi connectivity index (χ0n) is 18.6. The van der Waals surface area contributed by atoms with Crippen LogP contribution >= 0.6 is 11.3 Å². The van der Waals surface area contributed by atoms with E-state index >= 15 is 0 Å². The Bertz CT molecular complexity index is 1400. The SMILES string of the molecule is Cc1sc(-c2ccccn2)nc1-c1ccc2c(c1)N(Cc1cccc(C(=O)O)c1)C(=O)C(C)O2. The zero-order chi connectivity index (χ0) is 23.8. The van der Waals surface area contributed by atoms with Crippen LogP contribution in [0, 0.1) is 6.92 Å². The molecule has 8 heteroatoms. The number of carboxylic acids is 1. The molecule has 1 atom stereocenters. The molecular weight excluding hydrogens is 450 g/mol. The number of carboxylic acid groups (broad SMARTS) is 1. The predicted molar refractivity (Wildman–Crippen MR) is 130 cm³/mol. The predicted octanol–water partition coefficient (Wildman–Crippen LogP) is 5.19. The van der Waals surface area contributed by atoms with Crippen LogP contribution in [0.4, 0.5) is 5.69 Å². The molecule has 0 radical (unpaired) electrons. The van der Waals surface area contributed by atoms with Crippen molar-refractivity contribution in [3.63, 3.8) is 0 Å². The number of amides is 1. The maximum absolute atomic E-state index is 13.1. The van der Waals surface area contributed by atoms with Gasteiger partial charge in [0.2, 0.25) is 0 Å². The minimum absolute atomic E-state index is 0.181. The lowest BCUT2D eigenvalue weighted by Gasteiger charge is -2.33. The topological polar surface area (TPSA) is 92.6 Å². The fourth-order valence-corrected chi connectivity index (χ4v) is 4.88. The maximum Gasteiger partial charge on any atom is 0.335 e. The van der Waals surface area contributed by atoms with E-state index in [2.05, 4.69) is 4.98 Å². The van der Waals surface area contributed by atoms with Crippen molar-refractivity contribution in [1.82, 2.24) is 9.97 Å². The molecule has 0 saturated carbocycles. The summed E-state index contributed by atoms with van der Waals surface area (Å²) in [6.07, 6.45) is 1.10. The number of nitrogens with zero attached hydrogens (tertiary/aromatic N) is 3. The summed E-state index contributed by atoms with van der Waals surface area (Å²) in [5, 5.41) is 10.2. The Morgan fingerprint density at radius 1 is 1.15 bits per heavy atom. The number of benzene rings is 2. The molecule has 1 unspecified atom stereocenters. The molecule has 0 saturated heterocycles. The Morgan fingerprint density at radius 3 is 2.76 bits per heavy atom. The lowest BCUT2D eigenvalue weighted by molar-refractivity contribution is -0.125. The molecule has 7 nitrogen and oxygen atoms in total. The number of carbonyl (C=O) groups is 2. The van der Waals surface area contributed by atoms with E-state index in [-0.39, 0.29) is 18.0 Å². The summed E-state index contributed by atoms with van der Waals surface area (Å²) in [4.78, 5) is 36.4. The Labute approximate surface area is 200 Å². The number of aromatic nitrogens is 2. The number of fused-ring (bicyclic) bond motifs is 1. The monoisotopic (exact) mass is 471 g/mol. The average Bonchev–Trinajstić information content (AvgIpc) is 3.24. The van der Waals surface area contributed by atoms with E-state index in [1.807, 2.05) is 49.4 Å². The summed E-state index contributed by atoms with van der Waals surface area (Å²) < 4.78 is 5.86. The van der Waals surface area contributed by atoms with Crippen molar-refractivity contribution in [2.45, 2.75) is 26.5 Å². The Kier molecular flexibility index (Phi) is 5.59. The maximum atomic E-state index is 13.1. The highest BCUT2D eigenvalue weighted by atomic mass is 32.1. The molecule has 0 aliphatic carbocycles. The summed E-state index contributed by atoms with van der Waals surface area (Å²) >= 11 is 1.57. The van der Waals surface area contributed by atoms with Crippen LogP contribution in [-0.4, -0.2) is 33.1 Å². The molecular formula is C26H21N3O4S. The number of aromatic carboxylic acids is 1. The van der Waals surface area contributed by atoms with Gasteiger partial charge in [-0.2, -0.15) is 0 Å². The smallest absolute Gasteiger partial charge is 0.335 e. The quantitative estimate of drug-likeness (QED) is 0.430. The molecule has 4 aromatic rings. The summed E-state index contributed by atoms with van der Waals surface area (Å²) in [6, 6.07) is 18.0. The van der Waals surface area contributed by atoms with E-state index in [0.717, 1.165) is 32.4 Å². The fraction of sp³-hybridized carbons (Fsp3) is 0.154. The number of anilines is 1. The van der Waals surface area contributed by atoms with Crippen molar-refractivity contribution in [1.29, 1.82) is 0 Å². The molecule has 2 aromatic heterocycles. The van der Waals surface area contributed by atoms with Gasteiger partial charge in [-0.3, -0.25) is 9.78 Å².